The minimum absolute atomic E-state index is 0.0370. The molecule has 0 saturated heterocycles. The summed E-state index contributed by atoms with van der Waals surface area (Å²) in [7, 11) is 0. The molecule has 2 rings (SSSR count). The first kappa shape index (κ1) is 19.3. The van der Waals surface area contributed by atoms with E-state index in [1.165, 1.54) is 12.1 Å². The van der Waals surface area contributed by atoms with Gasteiger partial charge in [0.25, 0.3) is 0 Å². The number of hydrogen-bond acceptors (Lipinski definition) is 4. The van der Waals surface area contributed by atoms with E-state index in [0.29, 0.717) is 17.0 Å². The lowest BCUT2D eigenvalue weighted by molar-refractivity contribution is -0.139. The number of nitrogens with zero attached hydrogens (tertiary/aromatic N) is 1. The Morgan fingerprint density at radius 2 is 1.69 bits per heavy atom. The maximum atomic E-state index is 12.5. The summed E-state index contributed by atoms with van der Waals surface area (Å²) in [6, 6.07) is 11.2. The Bertz CT molecular complexity index is 769. The molecule has 0 atom stereocenters. The Hall–Kier alpha value is -3.03. The minimum Gasteiger partial charge on any atom is -0.482 e. The molecule has 2 aromatic rings. The fourth-order valence-corrected chi connectivity index (χ4v) is 1.98. The number of ether oxygens (including phenoxy) is 1. The molecule has 0 saturated carbocycles. The molecule has 26 heavy (non-hydrogen) atoms. The van der Waals surface area contributed by atoms with E-state index in [-0.39, 0.29) is 6.61 Å². The zero-order chi connectivity index (χ0) is 19.2. The van der Waals surface area contributed by atoms with Crippen molar-refractivity contribution in [2.75, 3.05) is 6.61 Å². The summed E-state index contributed by atoms with van der Waals surface area (Å²) in [5, 5.41) is 12.5. The molecule has 0 aliphatic rings. The van der Waals surface area contributed by atoms with Crippen LogP contribution in [0.4, 0.5) is 13.2 Å². The van der Waals surface area contributed by atoms with E-state index >= 15 is 0 Å². The maximum absolute atomic E-state index is 12.5. The Labute approximate surface area is 147 Å². The lowest BCUT2D eigenvalue weighted by atomic mass is 10.1. The van der Waals surface area contributed by atoms with Crippen LogP contribution in [0.15, 0.2) is 53.7 Å². The smallest absolute Gasteiger partial charge is 0.416 e. The summed E-state index contributed by atoms with van der Waals surface area (Å²) >= 11 is 0. The van der Waals surface area contributed by atoms with Crippen molar-refractivity contribution in [3.05, 3.63) is 65.2 Å². The van der Waals surface area contributed by atoms with E-state index < -0.39 is 24.3 Å². The van der Waals surface area contributed by atoms with Gasteiger partial charge in [-0.25, -0.2) is 4.79 Å². The molecule has 8 heteroatoms. The van der Waals surface area contributed by atoms with E-state index in [9.17, 15) is 18.0 Å². The molecule has 5 nitrogen and oxygen atoms in total. The van der Waals surface area contributed by atoms with Gasteiger partial charge in [-0.15, -0.1) is 0 Å². The number of benzene rings is 2. The summed E-state index contributed by atoms with van der Waals surface area (Å²) in [5.74, 6) is -0.655. The van der Waals surface area contributed by atoms with Gasteiger partial charge in [0, 0.05) is 0 Å². The van der Waals surface area contributed by atoms with Gasteiger partial charge in [-0.05, 0) is 54.4 Å². The molecule has 0 spiro atoms. The van der Waals surface area contributed by atoms with Crippen LogP contribution in [-0.2, 0) is 22.4 Å². The average Bonchev–Trinajstić information content (AvgIpc) is 2.60. The highest BCUT2D eigenvalue weighted by molar-refractivity contribution is 5.98. The summed E-state index contributed by atoms with van der Waals surface area (Å²) in [6.07, 6.45) is -4.37. The van der Waals surface area contributed by atoms with Crippen LogP contribution < -0.4 is 4.74 Å². The first-order valence-electron chi connectivity index (χ1n) is 7.53. The van der Waals surface area contributed by atoms with Crippen LogP contribution in [0.2, 0.25) is 0 Å². The van der Waals surface area contributed by atoms with Crippen molar-refractivity contribution in [1.29, 1.82) is 0 Å². The number of halogens is 3. The normalized spacial score (nSPS) is 11.9. The van der Waals surface area contributed by atoms with Crippen molar-refractivity contribution >= 4 is 11.7 Å². The van der Waals surface area contributed by atoms with Crippen molar-refractivity contribution in [2.45, 2.75) is 19.7 Å². The second-order valence-electron chi connectivity index (χ2n) is 5.35. The molecular formula is C18H16F3NO4. The van der Waals surface area contributed by atoms with E-state index in [4.69, 9.17) is 14.7 Å². The lowest BCUT2D eigenvalue weighted by Crippen LogP contribution is -2.09. The molecule has 1 N–H and O–H groups in total. The van der Waals surface area contributed by atoms with Crippen molar-refractivity contribution in [1.82, 2.24) is 0 Å². The zero-order valence-electron chi connectivity index (χ0n) is 13.8. The summed E-state index contributed by atoms with van der Waals surface area (Å²) in [5.41, 5.74) is 1.14. The predicted molar refractivity (Wildman–Crippen MR) is 88.0 cm³/mol. The number of aliphatic carboxylic acids is 1. The van der Waals surface area contributed by atoms with Gasteiger partial charge in [-0.3, -0.25) is 0 Å². The summed E-state index contributed by atoms with van der Waals surface area (Å²) in [6.45, 7) is 1.32. The zero-order valence-corrected chi connectivity index (χ0v) is 13.8. The van der Waals surface area contributed by atoms with Crippen LogP contribution in [0.5, 0.6) is 5.75 Å². The van der Waals surface area contributed by atoms with Crippen molar-refractivity contribution < 1.29 is 32.6 Å². The molecule has 0 radical (unpaired) electrons. The Balaban J connectivity index is 1.90. The number of carboxylic acid groups (broad SMARTS) is 1. The van der Waals surface area contributed by atoms with Gasteiger partial charge in [0.1, 0.15) is 12.4 Å². The first-order chi connectivity index (χ1) is 12.3. The number of carboxylic acids is 1. The maximum Gasteiger partial charge on any atom is 0.416 e. The second kappa shape index (κ2) is 8.37. The van der Waals surface area contributed by atoms with Crippen LogP contribution in [0.3, 0.4) is 0 Å². The highest BCUT2D eigenvalue weighted by Gasteiger charge is 2.29. The van der Waals surface area contributed by atoms with E-state index in [1.807, 2.05) is 0 Å². The highest BCUT2D eigenvalue weighted by Crippen LogP contribution is 2.29. The average molecular weight is 367 g/mol. The minimum atomic E-state index is -4.37. The third-order valence-corrected chi connectivity index (χ3v) is 3.35. The molecule has 0 amide bonds. The predicted octanol–water partition coefficient (Wildman–Crippen LogP) is 4.11. The monoisotopic (exact) mass is 367 g/mol. The molecule has 0 bridgehead atoms. The van der Waals surface area contributed by atoms with E-state index in [1.54, 1.807) is 31.2 Å². The van der Waals surface area contributed by atoms with Gasteiger partial charge in [-0.1, -0.05) is 17.3 Å². The van der Waals surface area contributed by atoms with Gasteiger partial charge >= 0.3 is 12.1 Å². The van der Waals surface area contributed by atoms with Gasteiger partial charge < -0.3 is 14.7 Å². The molecule has 0 aliphatic carbocycles. The third kappa shape index (κ3) is 5.80. The SMILES string of the molecule is CC(=NOCc1ccc(C(F)(F)F)cc1)c1ccc(OCC(=O)O)cc1. The fraction of sp³-hybridized carbons (Fsp3) is 0.222. The van der Waals surface area contributed by atoms with E-state index in [0.717, 1.165) is 17.7 Å². The standard InChI is InChI=1S/C18H16F3NO4/c1-12(14-4-8-16(9-5-14)25-11-17(23)24)22-26-10-13-2-6-15(7-3-13)18(19,20)21/h2-9H,10-11H2,1H3,(H,23,24). The van der Waals surface area contributed by atoms with Gasteiger partial charge in [0.15, 0.2) is 6.61 Å². The van der Waals surface area contributed by atoms with Crippen LogP contribution in [0.1, 0.15) is 23.6 Å². The van der Waals surface area contributed by atoms with Gasteiger partial charge in [0.05, 0.1) is 11.3 Å². The molecule has 2 aromatic carbocycles. The number of oxime groups is 1. The van der Waals surface area contributed by atoms with Crippen molar-refractivity contribution in [2.24, 2.45) is 5.16 Å². The first-order valence-corrected chi connectivity index (χ1v) is 7.53. The second-order valence-corrected chi connectivity index (χ2v) is 5.35. The van der Waals surface area contributed by atoms with Crippen LogP contribution in [-0.4, -0.2) is 23.4 Å². The topological polar surface area (TPSA) is 68.1 Å². The number of carbonyl (C=O) groups is 1. The van der Waals surface area contributed by atoms with Crippen LogP contribution in [0.25, 0.3) is 0 Å². The highest BCUT2D eigenvalue weighted by atomic mass is 19.4. The molecule has 0 heterocycles. The number of rotatable bonds is 7. The van der Waals surface area contributed by atoms with Gasteiger partial charge in [0.2, 0.25) is 0 Å². The Morgan fingerprint density at radius 3 is 2.23 bits per heavy atom. The molecule has 138 valence electrons. The van der Waals surface area contributed by atoms with Crippen molar-refractivity contribution in [3.8, 4) is 5.75 Å². The molecule has 0 aromatic heterocycles. The Morgan fingerprint density at radius 1 is 1.08 bits per heavy atom. The largest absolute Gasteiger partial charge is 0.482 e. The fourth-order valence-electron chi connectivity index (χ4n) is 1.98. The third-order valence-electron chi connectivity index (χ3n) is 3.35. The molecule has 0 unspecified atom stereocenters. The van der Waals surface area contributed by atoms with Crippen LogP contribution >= 0.6 is 0 Å². The summed E-state index contributed by atoms with van der Waals surface area (Å²) < 4.78 is 42.5. The van der Waals surface area contributed by atoms with Crippen molar-refractivity contribution in [3.63, 3.8) is 0 Å². The summed E-state index contributed by atoms with van der Waals surface area (Å²) in [4.78, 5) is 15.6. The molecule has 0 aliphatic heterocycles. The number of alkyl halides is 3. The Kier molecular flexibility index (Phi) is 6.21. The van der Waals surface area contributed by atoms with E-state index in [2.05, 4.69) is 5.16 Å². The number of hydrogen-bond donors (Lipinski definition) is 1. The lowest BCUT2D eigenvalue weighted by Gasteiger charge is -2.07. The van der Waals surface area contributed by atoms with Gasteiger partial charge in [-0.2, -0.15) is 13.2 Å². The molecular weight excluding hydrogens is 351 g/mol. The quantitative estimate of drug-likeness (QED) is 0.591. The molecule has 0 fully saturated rings. The van der Waals surface area contributed by atoms with Crippen LogP contribution in [0, 0.1) is 0 Å².